The van der Waals surface area contributed by atoms with Crippen molar-refractivity contribution in [1.29, 1.82) is 0 Å². The molecule has 0 fully saturated rings. The molecule has 2 rings (SSSR count). The summed E-state index contributed by atoms with van der Waals surface area (Å²) in [7, 11) is 0. The molecule has 48 heavy (non-hydrogen) atoms. The van der Waals surface area contributed by atoms with Gasteiger partial charge in [-0.1, -0.05) is 148 Å². The lowest BCUT2D eigenvalue weighted by atomic mass is 10.1. The maximum absolute atomic E-state index is 10.8. The molecule has 0 heterocycles. The number of benzene rings is 2. The first-order valence-corrected chi connectivity index (χ1v) is 19.5. The summed E-state index contributed by atoms with van der Waals surface area (Å²) in [5.41, 5.74) is 1.28. The average molecular weight is 665 g/mol. The zero-order valence-corrected chi connectivity index (χ0v) is 30.8. The van der Waals surface area contributed by atoms with Crippen molar-refractivity contribution in [2.45, 2.75) is 162 Å². The third kappa shape index (κ3) is 18.5. The Bertz CT molecular complexity index is 1130. The quantitative estimate of drug-likeness (QED) is 0.0643. The summed E-state index contributed by atoms with van der Waals surface area (Å²) in [6, 6.07) is 11.0. The monoisotopic (exact) mass is 665 g/mol. The van der Waals surface area contributed by atoms with E-state index in [9.17, 15) is 10.2 Å². The molecule has 6 heteroatoms. The van der Waals surface area contributed by atoms with Gasteiger partial charge in [-0.3, -0.25) is 9.98 Å². The largest absolute Gasteiger partial charge is 0.504 e. The highest BCUT2D eigenvalue weighted by Gasteiger charge is 2.10. The molecular formula is C42H68N2O4. The maximum atomic E-state index is 10.8. The van der Waals surface area contributed by atoms with Gasteiger partial charge in [0.1, 0.15) is 0 Å². The van der Waals surface area contributed by atoms with Crippen LogP contribution in [0.25, 0.3) is 0 Å². The molecule has 1 atom stereocenters. The zero-order valence-electron chi connectivity index (χ0n) is 30.8. The van der Waals surface area contributed by atoms with Crippen molar-refractivity contribution in [3.05, 3.63) is 47.5 Å². The molecule has 0 aliphatic heterocycles. The number of hydrogen-bond donors (Lipinski definition) is 2. The summed E-state index contributed by atoms with van der Waals surface area (Å²) in [6.07, 6.45) is 29.8. The van der Waals surface area contributed by atoms with Crippen LogP contribution in [-0.4, -0.2) is 48.4 Å². The Labute approximate surface area is 293 Å². The highest BCUT2D eigenvalue weighted by Crippen LogP contribution is 2.30. The van der Waals surface area contributed by atoms with Crippen LogP contribution >= 0.6 is 0 Å². The van der Waals surface area contributed by atoms with Gasteiger partial charge in [-0.25, -0.2) is 0 Å². The van der Waals surface area contributed by atoms with E-state index in [2.05, 4.69) is 25.8 Å². The van der Waals surface area contributed by atoms with E-state index in [1.165, 1.54) is 103 Å². The normalized spacial score (nSPS) is 12.3. The van der Waals surface area contributed by atoms with Crippen LogP contribution in [-0.2, 0) is 0 Å². The maximum Gasteiger partial charge on any atom is 0.166 e. The predicted molar refractivity (Wildman–Crippen MR) is 205 cm³/mol. The van der Waals surface area contributed by atoms with Gasteiger partial charge in [-0.15, -0.1) is 0 Å². The van der Waals surface area contributed by atoms with Gasteiger partial charge in [0.05, 0.1) is 25.8 Å². The van der Waals surface area contributed by atoms with Crippen LogP contribution in [0.4, 0.5) is 0 Å². The van der Waals surface area contributed by atoms with E-state index in [0.29, 0.717) is 42.4 Å². The summed E-state index contributed by atoms with van der Waals surface area (Å²) >= 11 is 0. The molecule has 1 unspecified atom stereocenters. The Kier molecular flexibility index (Phi) is 23.9. The molecule has 2 aromatic carbocycles. The smallest absolute Gasteiger partial charge is 0.166 e. The number of hydrogen-bond acceptors (Lipinski definition) is 6. The summed E-state index contributed by atoms with van der Waals surface area (Å²) < 4.78 is 11.8. The fourth-order valence-electron chi connectivity index (χ4n) is 5.80. The van der Waals surface area contributed by atoms with E-state index in [1.807, 2.05) is 36.4 Å². The molecule has 0 aliphatic rings. The highest BCUT2D eigenvalue weighted by molar-refractivity contribution is 5.85. The Hall–Kier alpha value is -3.02. The SMILES string of the molecule is CCCCCCCCCCCCOc1cccc(C=NCC(CC)N=Cc2cccc(OCCCCCCCCCCCC)c2O)c1O. The fraction of sp³-hybridized carbons (Fsp3) is 0.667. The van der Waals surface area contributed by atoms with Crippen LogP contribution in [0.5, 0.6) is 23.0 Å². The van der Waals surface area contributed by atoms with Gasteiger partial charge in [0.2, 0.25) is 0 Å². The molecule has 2 aromatic rings. The molecule has 0 radical (unpaired) electrons. The predicted octanol–water partition coefficient (Wildman–Crippen LogP) is 12.0. The summed E-state index contributed by atoms with van der Waals surface area (Å²) in [6.45, 7) is 8.28. The molecule has 0 spiro atoms. The van der Waals surface area contributed by atoms with E-state index < -0.39 is 0 Å². The highest BCUT2D eigenvalue weighted by atomic mass is 16.5. The molecule has 0 bridgehead atoms. The van der Waals surface area contributed by atoms with Crippen molar-refractivity contribution in [2.75, 3.05) is 19.8 Å². The first-order chi connectivity index (χ1) is 23.6. The number of ether oxygens (including phenoxy) is 2. The summed E-state index contributed by atoms with van der Waals surface area (Å²) in [5.74, 6) is 1.27. The van der Waals surface area contributed by atoms with E-state index >= 15 is 0 Å². The second-order valence-corrected chi connectivity index (χ2v) is 13.3. The van der Waals surface area contributed by atoms with E-state index in [1.54, 1.807) is 12.4 Å². The lowest BCUT2D eigenvalue weighted by Crippen LogP contribution is -2.08. The van der Waals surface area contributed by atoms with Crippen LogP contribution in [0, 0.1) is 0 Å². The molecule has 0 saturated heterocycles. The number of nitrogens with zero attached hydrogens (tertiary/aromatic N) is 2. The lowest BCUT2D eigenvalue weighted by Gasteiger charge is -2.11. The molecule has 0 aliphatic carbocycles. The zero-order chi connectivity index (χ0) is 34.5. The molecule has 6 nitrogen and oxygen atoms in total. The van der Waals surface area contributed by atoms with Gasteiger partial charge < -0.3 is 19.7 Å². The second-order valence-electron chi connectivity index (χ2n) is 13.3. The van der Waals surface area contributed by atoms with Crippen LogP contribution in [0.1, 0.15) is 167 Å². The Morgan fingerprint density at radius 2 is 0.938 bits per heavy atom. The number of para-hydroxylation sites is 2. The Balaban J connectivity index is 1.71. The molecule has 0 amide bonds. The summed E-state index contributed by atoms with van der Waals surface area (Å²) in [4.78, 5) is 9.28. The average Bonchev–Trinajstić information content (AvgIpc) is 3.10. The van der Waals surface area contributed by atoms with Crippen LogP contribution in [0.3, 0.4) is 0 Å². The molecular weight excluding hydrogens is 596 g/mol. The van der Waals surface area contributed by atoms with Crippen LogP contribution in [0.2, 0.25) is 0 Å². The van der Waals surface area contributed by atoms with Gasteiger partial charge >= 0.3 is 0 Å². The second kappa shape index (κ2) is 27.9. The lowest BCUT2D eigenvalue weighted by molar-refractivity contribution is 0.288. The van der Waals surface area contributed by atoms with Crippen molar-refractivity contribution < 1.29 is 19.7 Å². The number of aromatic hydroxyl groups is 2. The van der Waals surface area contributed by atoms with Gasteiger partial charge in [-0.2, -0.15) is 0 Å². The first-order valence-electron chi connectivity index (χ1n) is 19.5. The van der Waals surface area contributed by atoms with Gasteiger partial charge in [-0.05, 0) is 43.5 Å². The van der Waals surface area contributed by atoms with E-state index in [0.717, 1.165) is 32.1 Å². The third-order valence-corrected chi connectivity index (χ3v) is 9.01. The van der Waals surface area contributed by atoms with Gasteiger partial charge in [0.25, 0.3) is 0 Å². The summed E-state index contributed by atoms with van der Waals surface area (Å²) in [5, 5.41) is 21.5. The van der Waals surface area contributed by atoms with E-state index in [-0.39, 0.29) is 17.5 Å². The van der Waals surface area contributed by atoms with Crippen molar-refractivity contribution in [3.63, 3.8) is 0 Å². The van der Waals surface area contributed by atoms with Crippen molar-refractivity contribution in [1.82, 2.24) is 0 Å². The van der Waals surface area contributed by atoms with Gasteiger partial charge in [0, 0.05) is 23.6 Å². The number of aliphatic imine (C=N–C) groups is 2. The number of phenolic OH excluding ortho intramolecular Hbond substituents is 2. The number of unbranched alkanes of at least 4 members (excludes halogenated alkanes) is 18. The topological polar surface area (TPSA) is 83.6 Å². The van der Waals surface area contributed by atoms with Crippen molar-refractivity contribution in [3.8, 4) is 23.0 Å². The molecule has 0 aromatic heterocycles. The van der Waals surface area contributed by atoms with Crippen LogP contribution in [0.15, 0.2) is 46.4 Å². The first kappa shape index (κ1) is 41.2. The van der Waals surface area contributed by atoms with E-state index in [4.69, 9.17) is 14.5 Å². The minimum absolute atomic E-state index is 0.0465. The van der Waals surface area contributed by atoms with Crippen molar-refractivity contribution >= 4 is 12.4 Å². The van der Waals surface area contributed by atoms with Crippen molar-refractivity contribution in [2.24, 2.45) is 9.98 Å². The van der Waals surface area contributed by atoms with Crippen LogP contribution < -0.4 is 9.47 Å². The minimum atomic E-state index is -0.0465. The minimum Gasteiger partial charge on any atom is -0.504 e. The standard InChI is InChI=1S/C42H68N2O4/c1-4-7-9-11-13-15-17-19-21-23-31-47-39-29-25-27-36(41(39)45)33-43-35-38(6-3)44-34-37-28-26-30-40(42(37)46)48-32-24-22-20-18-16-14-12-10-8-5-2/h25-30,33-34,38,45-46H,4-24,31-32,35H2,1-3H3. The third-order valence-electron chi connectivity index (χ3n) is 9.01. The Morgan fingerprint density at radius 1 is 0.542 bits per heavy atom. The van der Waals surface area contributed by atoms with Gasteiger partial charge in [0.15, 0.2) is 23.0 Å². The fourth-order valence-corrected chi connectivity index (χ4v) is 5.80. The number of rotatable bonds is 30. The molecule has 2 N–H and O–H groups in total. The molecule has 270 valence electrons. The number of phenols is 2. The molecule has 0 saturated carbocycles. The Morgan fingerprint density at radius 3 is 1.35 bits per heavy atom.